The van der Waals surface area contributed by atoms with Crippen LogP contribution in [-0.4, -0.2) is 0 Å². The van der Waals surface area contributed by atoms with Crippen molar-refractivity contribution < 1.29 is 0 Å². The van der Waals surface area contributed by atoms with Crippen molar-refractivity contribution in [1.82, 2.24) is 0 Å². The molecule has 0 fully saturated rings. The Kier molecular flexibility index (Phi) is 3.75. The van der Waals surface area contributed by atoms with Crippen LogP contribution in [0, 0.1) is 0 Å². The van der Waals surface area contributed by atoms with E-state index in [1.807, 2.05) is 0 Å². The number of rotatable bonds is 2. The predicted molar refractivity (Wildman–Crippen MR) is 91.1 cm³/mol. The van der Waals surface area contributed by atoms with Crippen molar-refractivity contribution in [3.05, 3.63) is 58.7 Å². The summed E-state index contributed by atoms with van der Waals surface area (Å²) >= 11 is 0. The van der Waals surface area contributed by atoms with Gasteiger partial charge in [-0.1, -0.05) is 43.3 Å². The molecule has 0 nitrogen and oxygen atoms in total. The summed E-state index contributed by atoms with van der Waals surface area (Å²) in [7, 11) is 5.85. The van der Waals surface area contributed by atoms with Crippen LogP contribution >= 0.6 is 18.5 Å². The van der Waals surface area contributed by atoms with Crippen LogP contribution in [-0.2, 0) is 12.8 Å². The van der Waals surface area contributed by atoms with Crippen molar-refractivity contribution >= 4 is 29.1 Å². The van der Waals surface area contributed by atoms with Gasteiger partial charge in [-0.25, -0.2) is 0 Å². The van der Waals surface area contributed by atoms with Crippen molar-refractivity contribution in [2.24, 2.45) is 0 Å². The summed E-state index contributed by atoms with van der Waals surface area (Å²) < 4.78 is 0. The fourth-order valence-electron chi connectivity index (χ4n) is 3.37. The van der Waals surface area contributed by atoms with E-state index in [4.69, 9.17) is 0 Å². The minimum Gasteiger partial charge on any atom is -0.105 e. The Balaban J connectivity index is 2.17. The molecule has 3 unspecified atom stereocenters. The zero-order chi connectivity index (χ0) is 13.4. The first kappa shape index (κ1) is 13.3. The molecule has 3 rings (SSSR count). The Hall–Kier alpha value is -0.700. The van der Waals surface area contributed by atoms with Gasteiger partial charge in [0.15, 0.2) is 0 Å². The van der Waals surface area contributed by atoms with Crippen molar-refractivity contribution in [2.45, 2.75) is 32.1 Å². The maximum absolute atomic E-state index is 2.93. The monoisotopic (exact) mass is 286 g/mol. The van der Waals surface area contributed by atoms with Gasteiger partial charge in [-0.15, -0.1) is 18.5 Å². The normalized spacial score (nSPS) is 17.5. The van der Waals surface area contributed by atoms with Gasteiger partial charge < -0.3 is 0 Å². The fourth-order valence-corrected chi connectivity index (χ4v) is 4.37. The third-order valence-corrected chi connectivity index (χ3v) is 5.25. The van der Waals surface area contributed by atoms with Gasteiger partial charge in [0.1, 0.15) is 0 Å². The molecule has 0 saturated carbocycles. The molecular formula is C17H20P2. The Morgan fingerprint density at radius 3 is 2.42 bits per heavy atom. The molecule has 0 spiro atoms. The quantitative estimate of drug-likeness (QED) is 0.743. The zero-order valence-corrected chi connectivity index (χ0v) is 13.6. The molecule has 3 atom stereocenters. The molecule has 0 N–H and O–H groups in total. The average Bonchev–Trinajstić information content (AvgIpc) is 2.83. The number of benzene rings is 2. The molecule has 2 aromatic carbocycles. The lowest BCUT2D eigenvalue weighted by Gasteiger charge is -2.20. The highest BCUT2D eigenvalue weighted by atomic mass is 31.0. The van der Waals surface area contributed by atoms with E-state index in [2.05, 4.69) is 61.8 Å². The van der Waals surface area contributed by atoms with E-state index in [1.54, 1.807) is 11.1 Å². The maximum atomic E-state index is 2.93. The lowest BCUT2D eigenvalue weighted by Crippen LogP contribution is -2.15. The average molecular weight is 286 g/mol. The molecule has 2 heteroatoms. The fraction of sp³-hybridized carbons (Fsp3) is 0.294. The van der Waals surface area contributed by atoms with Gasteiger partial charge in [-0.2, -0.15) is 0 Å². The largest absolute Gasteiger partial charge is 0.105 e. The molecule has 2 aromatic rings. The Bertz CT molecular complexity index is 617. The Morgan fingerprint density at radius 2 is 1.68 bits per heavy atom. The van der Waals surface area contributed by atoms with Crippen molar-refractivity contribution in [3.8, 4) is 0 Å². The van der Waals surface area contributed by atoms with Crippen LogP contribution in [0.25, 0.3) is 0 Å². The number of hydrogen-bond acceptors (Lipinski definition) is 0. The van der Waals surface area contributed by atoms with Crippen LogP contribution < -0.4 is 10.6 Å². The second kappa shape index (κ2) is 5.35. The van der Waals surface area contributed by atoms with Gasteiger partial charge in [0, 0.05) is 5.92 Å². The highest BCUT2D eigenvalue weighted by molar-refractivity contribution is 7.28. The number of aryl methyl sites for hydroxylation is 2. The third-order valence-electron chi connectivity index (χ3n) is 4.24. The van der Waals surface area contributed by atoms with Gasteiger partial charge in [0.25, 0.3) is 0 Å². The molecule has 0 aromatic heterocycles. The first-order valence-electron chi connectivity index (χ1n) is 6.97. The van der Waals surface area contributed by atoms with Crippen molar-refractivity contribution in [1.29, 1.82) is 0 Å². The molecule has 1 aliphatic carbocycles. The van der Waals surface area contributed by atoms with Crippen LogP contribution in [0.15, 0.2) is 36.4 Å². The van der Waals surface area contributed by atoms with E-state index in [9.17, 15) is 0 Å². The van der Waals surface area contributed by atoms with Crippen LogP contribution in [0.3, 0.4) is 0 Å². The summed E-state index contributed by atoms with van der Waals surface area (Å²) in [4.78, 5) is 0. The summed E-state index contributed by atoms with van der Waals surface area (Å²) in [5.74, 6) is 0.576. The van der Waals surface area contributed by atoms with Crippen LogP contribution in [0.5, 0.6) is 0 Å². The van der Waals surface area contributed by atoms with Gasteiger partial charge in [-0.3, -0.25) is 0 Å². The van der Waals surface area contributed by atoms with Crippen LogP contribution in [0.1, 0.15) is 41.5 Å². The lowest BCUT2D eigenvalue weighted by molar-refractivity contribution is 0.784. The minimum atomic E-state index is 0.576. The van der Waals surface area contributed by atoms with Crippen molar-refractivity contribution in [2.75, 3.05) is 0 Å². The SMILES string of the molecule is CCc1cccc(P)c1C1CCc2cccc(P)c21. The second-order valence-corrected chi connectivity index (χ2v) is 6.53. The number of fused-ring (bicyclic) bond motifs is 1. The van der Waals surface area contributed by atoms with Gasteiger partial charge in [0.05, 0.1) is 0 Å². The summed E-state index contributed by atoms with van der Waals surface area (Å²) in [5, 5.41) is 2.74. The van der Waals surface area contributed by atoms with E-state index in [0.29, 0.717) is 5.92 Å². The first-order chi connectivity index (χ1) is 9.22. The summed E-state index contributed by atoms with van der Waals surface area (Å²) in [5.41, 5.74) is 6.13. The highest BCUT2D eigenvalue weighted by Gasteiger charge is 2.27. The Labute approximate surface area is 120 Å². The number of hydrogen-bond donors (Lipinski definition) is 0. The van der Waals surface area contributed by atoms with Crippen LogP contribution in [0.4, 0.5) is 0 Å². The standard InChI is InChI=1S/C17H20P2/c1-2-11-5-3-7-14(18)16(11)13-10-9-12-6-4-8-15(19)17(12)13/h3-8,13H,2,9-10,18-19H2,1H3. The summed E-state index contributed by atoms with van der Waals surface area (Å²) in [6.45, 7) is 2.26. The van der Waals surface area contributed by atoms with E-state index in [1.165, 1.54) is 34.6 Å². The molecule has 0 radical (unpaired) electrons. The highest BCUT2D eigenvalue weighted by Crippen LogP contribution is 2.39. The molecule has 0 heterocycles. The molecule has 1 aliphatic rings. The predicted octanol–water partition coefficient (Wildman–Crippen LogP) is 3.33. The van der Waals surface area contributed by atoms with Gasteiger partial charge in [-0.05, 0) is 52.1 Å². The van der Waals surface area contributed by atoms with Crippen LogP contribution in [0.2, 0.25) is 0 Å². The molecule has 0 saturated heterocycles. The van der Waals surface area contributed by atoms with Crippen molar-refractivity contribution in [3.63, 3.8) is 0 Å². The summed E-state index contributed by atoms with van der Waals surface area (Å²) in [6, 6.07) is 13.4. The maximum Gasteiger partial charge on any atom is 0.0110 e. The smallest absolute Gasteiger partial charge is 0.0110 e. The molecule has 19 heavy (non-hydrogen) atoms. The topological polar surface area (TPSA) is 0 Å². The second-order valence-electron chi connectivity index (χ2n) is 5.28. The Morgan fingerprint density at radius 1 is 1.00 bits per heavy atom. The van der Waals surface area contributed by atoms with E-state index in [-0.39, 0.29) is 0 Å². The minimum absolute atomic E-state index is 0.576. The van der Waals surface area contributed by atoms with Gasteiger partial charge in [0.2, 0.25) is 0 Å². The molecule has 98 valence electrons. The molecule has 0 amide bonds. The van der Waals surface area contributed by atoms with E-state index < -0.39 is 0 Å². The van der Waals surface area contributed by atoms with E-state index >= 15 is 0 Å². The zero-order valence-electron chi connectivity index (χ0n) is 11.3. The van der Waals surface area contributed by atoms with E-state index in [0.717, 1.165) is 6.42 Å². The summed E-state index contributed by atoms with van der Waals surface area (Å²) in [6.07, 6.45) is 3.58. The van der Waals surface area contributed by atoms with Gasteiger partial charge >= 0.3 is 0 Å². The lowest BCUT2D eigenvalue weighted by atomic mass is 9.88. The molecule has 0 bridgehead atoms. The third kappa shape index (κ3) is 2.26. The molecule has 0 aliphatic heterocycles. The molecular weight excluding hydrogens is 266 g/mol. The first-order valence-corrected chi connectivity index (χ1v) is 8.12.